The van der Waals surface area contributed by atoms with E-state index in [1.54, 1.807) is 16.0 Å². The molecule has 0 aromatic heterocycles. The van der Waals surface area contributed by atoms with Gasteiger partial charge in [-0.3, -0.25) is 4.79 Å². The van der Waals surface area contributed by atoms with Gasteiger partial charge < -0.3 is 9.46 Å². The Morgan fingerprint density at radius 3 is 2.38 bits per heavy atom. The lowest BCUT2D eigenvalue weighted by atomic mass is 10.1. The molecule has 0 saturated heterocycles. The van der Waals surface area contributed by atoms with Crippen LogP contribution in [0.3, 0.4) is 0 Å². The molecule has 0 heterocycles. The molecule has 0 spiro atoms. The van der Waals surface area contributed by atoms with Crippen molar-refractivity contribution in [3.05, 3.63) is 0 Å². The Kier molecular flexibility index (Phi) is 3.35. The minimum absolute atomic E-state index is 0.00694. The number of amides is 1. The highest BCUT2D eigenvalue weighted by atomic mass is 16.5. The first-order valence-corrected chi connectivity index (χ1v) is 2.37. The number of hydrogen-bond acceptors (Lipinski definition) is 2. The van der Waals surface area contributed by atoms with Gasteiger partial charge in [-0.2, -0.15) is 0 Å². The van der Waals surface area contributed by atoms with E-state index in [1.165, 1.54) is 11.8 Å². The quantitative estimate of drug-likeness (QED) is 0.372. The van der Waals surface area contributed by atoms with E-state index < -0.39 is 0 Å². The van der Waals surface area contributed by atoms with E-state index in [2.05, 4.69) is 4.74 Å². The molecule has 0 aliphatic rings. The first-order valence-electron chi connectivity index (χ1n) is 2.37. The minimum atomic E-state index is -0.00694. The van der Waals surface area contributed by atoms with Gasteiger partial charge in [0.2, 0.25) is 21.9 Å². The van der Waals surface area contributed by atoms with Gasteiger partial charge in [-0.15, -0.1) is 0 Å². The number of carbonyl (C=O) groups is 1. The zero-order valence-electron chi connectivity index (χ0n) is 5.47. The molecule has 0 aliphatic carbocycles. The summed E-state index contributed by atoms with van der Waals surface area (Å²) >= 11 is 0. The van der Waals surface area contributed by atoms with Gasteiger partial charge in [0, 0.05) is 7.11 Å². The summed E-state index contributed by atoms with van der Waals surface area (Å²) in [6.07, 6.45) is 0. The van der Waals surface area contributed by atoms with Crippen LogP contribution in [0.2, 0.25) is 0 Å². The zero-order valence-corrected chi connectivity index (χ0v) is 5.47. The molecule has 0 unspecified atom stereocenters. The molecular formula is C3H9B2NO2. The molecule has 0 radical (unpaired) electrons. The average molecular weight is 113 g/mol. The van der Waals surface area contributed by atoms with Gasteiger partial charge in [0.25, 0.3) is 0 Å². The molecule has 0 aliphatic heterocycles. The van der Waals surface area contributed by atoms with E-state index in [9.17, 15) is 4.79 Å². The van der Waals surface area contributed by atoms with E-state index in [0.717, 1.165) is 0 Å². The number of rotatable bonds is 2. The van der Waals surface area contributed by atoms with E-state index in [1.807, 2.05) is 0 Å². The van der Waals surface area contributed by atoms with Crippen molar-refractivity contribution in [1.29, 1.82) is 0 Å². The summed E-state index contributed by atoms with van der Waals surface area (Å²) < 4.78 is 6.06. The molecule has 0 fully saturated rings. The Labute approximate surface area is 50.9 Å². The monoisotopic (exact) mass is 113 g/mol. The Balaban J connectivity index is 3.33. The lowest BCUT2D eigenvalue weighted by Gasteiger charge is -2.08. The number of methoxy groups -OCH3 is 1. The molecule has 0 rings (SSSR count). The number of carbonyl (C=O) groups excluding carboxylic acids is 1. The van der Waals surface area contributed by atoms with Crippen LogP contribution in [-0.4, -0.2) is 40.3 Å². The molecule has 0 aromatic carbocycles. The SMILES string of the molecule is BN(B)C(=O)COC. The number of nitrogens with zero attached hydrogens (tertiary/aromatic N) is 1. The molecule has 44 valence electrons. The molecule has 3 nitrogen and oxygen atoms in total. The fourth-order valence-electron chi connectivity index (χ4n) is 0.253. The lowest BCUT2D eigenvalue weighted by Crippen LogP contribution is -2.28. The van der Waals surface area contributed by atoms with Crippen LogP contribution in [0.1, 0.15) is 0 Å². The Bertz CT molecular complexity index is 85.4. The summed E-state index contributed by atoms with van der Waals surface area (Å²) in [7, 11) is 4.89. The predicted molar refractivity (Wildman–Crippen MR) is 35.8 cm³/mol. The van der Waals surface area contributed by atoms with Crippen LogP contribution in [0, 0.1) is 0 Å². The summed E-state index contributed by atoms with van der Waals surface area (Å²) in [5, 5.41) is 0. The van der Waals surface area contributed by atoms with Crippen molar-refractivity contribution in [2.24, 2.45) is 0 Å². The van der Waals surface area contributed by atoms with E-state index >= 15 is 0 Å². The van der Waals surface area contributed by atoms with Crippen molar-refractivity contribution in [1.82, 2.24) is 4.72 Å². The molecule has 5 heteroatoms. The highest BCUT2D eigenvalue weighted by molar-refractivity contribution is 6.34. The number of hydrogen-bond donors (Lipinski definition) is 0. The van der Waals surface area contributed by atoms with Crippen LogP contribution in [-0.2, 0) is 9.53 Å². The van der Waals surface area contributed by atoms with Crippen molar-refractivity contribution < 1.29 is 9.53 Å². The normalized spacial score (nSPS) is 8.62. The first-order chi connectivity index (χ1) is 3.68. The van der Waals surface area contributed by atoms with Crippen LogP contribution in [0.4, 0.5) is 0 Å². The first kappa shape index (κ1) is 7.56. The van der Waals surface area contributed by atoms with Crippen molar-refractivity contribution in [2.45, 2.75) is 0 Å². The maximum Gasteiger partial charge on any atom is 0.223 e. The highest BCUT2D eigenvalue weighted by Crippen LogP contribution is 1.74. The second-order valence-corrected chi connectivity index (χ2v) is 1.72. The lowest BCUT2D eigenvalue weighted by molar-refractivity contribution is -0.127. The second kappa shape index (κ2) is 3.55. The summed E-state index contributed by atoms with van der Waals surface area (Å²) in [4.78, 5) is 10.5. The third-order valence-corrected chi connectivity index (χ3v) is 0.767. The number of ether oxygens (including phenoxy) is 1. The Morgan fingerprint density at radius 1 is 1.75 bits per heavy atom. The van der Waals surface area contributed by atoms with Crippen molar-refractivity contribution >= 4 is 21.9 Å². The van der Waals surface area contributed by atoms with E-state index in [-0.39, 0.29) is 12.5 Å². The molecule has 0 bridgehead atoms. The molecule has 0 N–H and O–H groups in total. The van der Waals surface area contributed by atoms with Crippen LogP contribution in [0.15, 0.2) is 0 Å². The van der Waals surface area contributed by atoms with E-state index in [4.69, 9.17) is 0 Å². The third-order valence-electron chi connectivity index (χ3n) is 0.767. The van der Waals surface area contributed by atoms with E-state index in [0.29, 0.717) is 0 Å². The summed E-state index contributed by atoms with van der Waals surface area (Å²) in [5.74, 6) is -0.00694. The predicted octanol–water partition coefficient (Wildman–Crippen LogP) is -2.44. The van der Waals surface area contributed by atoms with Crippen LogP contribution < -0.4 is 0 Å². The van der Waals surface area contributed by atoms with Crippen molar-refractivity contribution in [3.63, 3.8) is 0 Å². The average Bonchev–Trinajstić information content (AvgIpc) is 1.67. The van der Waals surface area contributed by atoms with Crippen LogP contribution in [0.25, 0.3) is 0 Å². The second-order valence-electron chi connectivity index (χ2n) is 1.72. The summed E-state index contributed by atoms with van der Waals surface area (Å²) in [6, 6.07) is 0. The van der Waals surface area contributed by atoms with Crippen molar-refractivity contribution in [3.8, 4) is 0 Å². The molecule has 1 amide bonds. The highest BCUT2D eigenvalue weighted by Gasteiger charge is 1.98. The maximum atomic E-state index is 10.5. The topological polar surface area (TPSA) is 29.5 Å². The van der Waals surface area contributed by atoms with Gasteiger partial charge >= 0.3 is 0 Å². The summed E-state index contributed by atoms with van der Waals surface area (Å²) in [6.45, 7) is 0.174. The molecular weight excluding hydrogens is 104 g/mol. The molecule has 0 aromatic rings. The van der Waals surface area contributed by atoms with Gasteiger partial charge in [-0.05, 0) is 0 Å². The molecule has 0 atom stereocenters. The summed E-state index contributed by atoms with van der Waals surface area (Å²) in [5.41, 5.74) is 0. The van der Waals surface area contributed by atoms with Gasteiger partial charge in [-0.1, -0.05) is 0 Å². The fourth-order valence-corrected chi connectivity index (χ4v) is 0.253. The zero-order chi connectivity index (χ0) is 6.57. The van der Waals surface area contributed by atoms with Gasteiger partial charge in [-0.25, -0.2) is 0 Å². The van der Waals surface area contributed by atoms with Gasteiger partial charge in [0.15, 0.2) is 0 Å². The molecule has 0 saturated carbocycles. The Morgan fingerprint density at radius 2 is 2.25 bits per heavy atom. The van der Waals surface area contributed by atoms with Crippen LogP contribution in [0.5, 0.6) is 0 Å². The third kappa shape index (κ3) is 2.69. The van der Waals surface area contributed by atoms with Gasteiger partial charge in [0.05, 0.1) is 0 Å². The van der Waals surface area contributed by atoms with Crippen molar-refractivity contribution in [2.75, 3.05) is 13.7 Å². The largest absolute Gasteiger partial charge is 0.441 e. The maximum absolute atomic E-state index is 10.5. The molecule has 8 heavy (non-hydrogen) atoms. The van der Waals surface area contributed by atoms with Gasteiger partial charge in [0.1, 0.15) is 6.61 Å². The minimum Gasteiger partial charge on any atom is -0.441 e. The smallest absolute Gasteiger partial charge is 0.223 e. The fraction of sp³-hybridized carbons (Fsp3) is 0.667. The Hall–Kier alpha value is -0.440. The standard InChI is InChI=1S/C3H9B2NO2/c1-8-2-3(7)6(4)5/h2,4-5H2,1H3. The van der Waals surface area contributed by atoms with Crippen LogP contribution >= 0.6 is 0 Å².